The van der Waals surface area contributed by atoms with Crippen LogP contribution in [-0.4, -0.2) is 42.4 Å². The highest BCUT2D eigenvalue weighted by Gasteiger charge is 2.21. The van der Waals surface area contributed by atoms with E-state index in [1.807, 2.05) is 57.3 Å². The summed E-state index contributed by atoms with van der Waals surface area (Å²) in [7, 11) is 3.23. The highest BCUT2D eigenvalue weighted by atomic mass is 32.1. The van der Waals surface area contributed by atoms with E-state index in [2.05, 4.69) is 4.98 Å². The Labute approximate surface area is 242 Å². The largest absolute Gasteiger partial charge is 0.494 e. The Kier molecular flexibility index (Phi) is 20.0. The zero-order chi connectivity index (χ0) is 24.7. The second-order valence-corrected chi connectivity index (χ2v) is 9.63. The molecule has 0 N–H and O–H groups in total. The number of ether oxygens (including phenoxy) is 4. The average molecular weight is 567 g/mol. The molecule has 1 saturated carbocycles. The standard InChI is InChI=1S/C17H18N2O3S.C9H16O2.5CH4/c1-10(2)22-17-16(13-6-5-9-23-13)18-14-11(20-3)7-8-12(21-4)15(14)19-17;1-7(2)9(10)11-8-5-3-4-6-8;;;;;/h5-10H,1-4H3;7-8H,3-6H2,1-2H3;5*1H4. The summed E-state index contributed by atoms with van der Waals surface area (Å²) < 4.78 is 22.0. The normalized spacial score (nSPS) is 11.9. The minimum Gasteiger partial charge on any atom is -0.494 e. The molecule has 1 aliphatic rings. The van der Waals surface area contributed by atoms with E-state index in [4.69, 9.17) is 23.9 Å². The molecular weight excluding hydrogens is 512 g/mol. The number of benzene rings is 1. The van der Waals surface area contributed by atoms with Crippen LogP contribution in [0.1, 0.15) is 90.5 Å². The first kappa shape index (κ1) is 40.6. The van der Waals surface area contributed by atoms with E-state index in [0.717, 1.165) is 17.7 Å². The molecule has 0 spiro atoms. The highest BCUT2D eigenvalue weighted by Crippen LogP contribution is 2.37. The van der Waals surface area contributed by atoms with Crippen LogP contribution in [0, 0.1) is 5.92 Å². The lowest BCUT2D eigenvalue weighted by Crippen LogP contribution is -2.18. The number of carbonyl (C=O) groups is 1. The van der Waals surface area contributed by atoms with E-state index in [1.54, 1.807) is 25.6 Å². The van der Waals surface area contributed by atoms with Crippen molar-refractivity contribution < 1.29 is 23.7 Å². The minimum absolute atomic E-state index is 0. The summed E-state index contributed by atoms with van der Waals surface area (Å²) in [6, 6.07) is 7.63. The molecule has 0 radical (unpaired) electrons. The van der Waals surface area contributed by atoms with Crippen LogP contribution in [0.4, 0.5) is 0 Å². The van der Waals surface area contributed by atoms with Crippen LogP contribution in [-0.2, 0) is 9.53 Å². The fourth-order valence-electron chi connectivity index (χ4n) is 3.59. The lowest BCUT2D eigenvalue weighted by molar-refractivity contribution is -0.152. The van der Waals surface area contributed by atoms with Gasteiger partial charge in [0.2, 0.25) is 5.88 Å². The van der Waals surface area contributed by atoms with Gasteiger partial charge < -0.3 is 18.9 Å². The Morgan fingerprint density at radius 2 is 1.41 bits per heavy atom. The third-order valence-corrected chi connectivity index (χ3v) is 6.19. The van der Waals surface area contributed by atoms with Crippen LogP contribution >= 0.6 is 11.3 Å². The molecule has 1 fully saturated rings. The fourth-order valence-corrected chi connectivity index (χ4v) is 4.29. The molecule has 3 aromatic rings. The van der Waals surface area contributed by atoms with Crippen LogP contribution in [0.2, 0.25) is 0 Å². The van der Waals surface area contributed by atoms with E-state index in [9.17, 15) is 4.79 Å². The number of aromatic nitrogens is 2. The minimum atomic E-state index is -0.0445. The fraction of sp³-hybridized carbons (Fsp3) is 0.581. The van der Waals surface area contributed by atoms with Gasteiger partial charge in [0.05, 0.1) is 31.1 Å². The third kappa shape index (κ3) is 10.7. The second-order valence-electron chi connectivity index (χ2n) is 8.69. The number of nitrogens with zero attached hydrogens (tertiary/aromatic N) is 2. The number of esters is 1. The third-order valence-electron chi connectivity index (χ3n) is 5.31. The molecule has 7 nitrogen and oxygen atoms in total. The van der Waals surface area contributed by atoms with Gasteiger partial charge in [0.15, 0.2) is 0 Å². The van der Waals surface area contributed by atoms with Gasteiger partial charge in [0.1, 0.15) is 34.3 Å². The van der Waals surface area contributed by atoms with E-state index in [1.165, 1.54) is 12.8 Å². The number of hydrogen-bond donors (Lipinski definition) is 0. The molecule has 8 heteroatoms. The predicted octanol–water partition coefficient (Wildman–Crippen LogP) is 9.47. The molecular formula is C31H54N2O5S. The Hall–Kier alpha value is -2.87. The number of rotatable bonds is 7. The molecule has 224 valence electrons. The SMILES string of the molecule is C.C.C.C.C.CC(C)C(=O)OC1CCCC1.COc1ccc(OC)c2nc(-c3cccs3)c(OC(C)C)nc12. The van der Waals surface area contributed by atoms with Crippen LogP contribution < -0.4 is 14.2 Å². The molecule has 0 saturated heterocycles. The average Bonchev–Trinajstić information content (AvgIpc) is 3.52. The Morgan fingerprint density at radius 1 is 0.872 bits per heavy atom. The van der Waals surface area contributed by atoms with Gasteiger partial charge in [-0.2, -0.15) is 0 Å². The van der Waals surface area contributed by atoms with Crippen molar-refractivity contribution in [2.24, 2.45) is 5.92 Å². The maximum absolute atomic E-state index is 11.1. The van der Waals surface area contributed by atoms with E-state index in [0.29, 0.717) is 34.1 Å². The van der Waals surface area contributed by atoms with Crippen molar-refractivity contribution in [2.75, 3.05) is 14.2 Å². The molecule has 0 bridgehead atoms. The number of fused-ring (bicyclic) bond motifs is 1. The first-order valence-electron chi connectivity index (χ1n) is 11.7. The van der Waals surface area contributed by atoms with Crippen molar-refractivity contribution in [2.45, 2.75) is 103 Å². The number of thiophene rings is 1. The topological polar surface area (TPSA) is 79.8 Å². The number of methoxy groups -OCH3 is 2. The second kappa shape index (κ2) is 19.2. The Morgan fingerprint density at radius 3 is 1.85 bits per heavy atom. The molecule has 4 rings (SSSR count). The summed E-state index contributed by atoms with van der Waals surface area (Å²) in [4.78, 5) is 21.5. The Balaban J connectivity index is -0.000000704. The van der Waals surface area contributed by atoms with Gasteiger partial charge in [-0.15, -0.1) is 11.3 Å². The molecule has 0 atom stereocenters. The van der Waals surface area contributed by atoms with E-state index < -0.39 is 0 Å². The van der Waals surface area contributed by atoms with Gasteiger partial charge >= 0.3 is 5.97 Å². The van der Waals surface area contributed by atoms with Crippen molar-refractivity contribution in [3.63, 3.8) is 0 Å². The maximum atomic E-state index is 11.1. The van der Waals surface area contributed by atoms with Crippen LogP contribution in [0.3, 0.4) is 0 Å². The molecule has 0 amide bonds. The van der Waals surface area contributed by atoms with E-state index >= 15 is 0 Å². The molecule has 2 heterocycles. The summed E-state index contributed by atoms with van der Waals surface area (Å²) in [6.45, 7) is 7.67. The van der Waals surface area contributed by atoms with Gasteiger partial charge in [-0.25, -0.2) is 9.97 Å². The molecule has 0 aliphatic heterocycles. The smallest absolute Gasteiger partial charge is 0.308 e. The zero-order valence-corrected chi connectivity index (χ0v) is 21.6. The van der Waals surface area contributed by atoms with Crippen LogP contribution in [0.15, 0.2) is 29.6 Å². The lowest BCUT2D eigenvalue weighted by atomic mass is 10.2. The summed E-state index contributed by atoms with van der Waals surface area (Å²) in [5.74, 6) is 1.77. The highest BCUT2D eigenvalue weighted by molar-refractivity contribution is 7.13. The van der Waals surface area contributed by atoms with Crippen molar-refractivity contribution in [1.82, 2.24) is 9.97 Å². The number of carbonyl (C=O) groups excluding carboxylic acids is 1. The van der Waals surface area contributed by atoms with Crippen molar-refractivity contribution in [3.8, 4) is 28.0 Å². The summed E-state index contributed by atoms with van der Waals surface area (Å²) in [6.07, 6.45) is 4.80. The zero-order valence-electron chi connectivity index (χ0n) is 20.8. The van der Waals surface area contributed by atoms with Gasteiger partial charge in [0, 0.05) is 0 Å². The lowest BCUT2D eigenvalue weighted by Gasteiger charge is -2.15. The summed E-state index contributed by atoms with van der Waals surface area (Å²) in [5.41, 5.74) is 2.00. The van der Waals surface area contributed by atoms with Crippen molar-refractivity contribution >= 4 is 28.3 Å². The Bertz CT molecular complexity index is 1080. The molecule has 0 unspecified atom stereocenters. The molecule has 2 aromatic heterocycles. The number of hydrogen-bond acceptors (Lipinski definition) is 8. The van der Waals surface area contributed by atoms with Gasteiger partial charge in [-0.1, -0.05) is 57.0 Å². The van der Waals surface area contributed by atoms with Gasteiger partial charge in [-0.05, 0) is 63.1 Å². The van der Waals surface area contributed by atoms with Gasteiger partial charge in [0.25, 0.3) is 0 Å². The molecule has 39 heavy (non-hydrogen) atoms. The molecule has 1 aromatic carbocycles. The van der Waals surface area contributed by atoms with Crippen molar-refractivity contribution in [3.05, 3.63) is 29.6 Å². The van der Waals surface area contributed by atoms with Crippen LogP contribution in [0.5, 0.6) is 17.4 Å². The van der Waals surface area contributed by atoms with Gasteiger partial charge in [-0.3, -0.25) is 4.79 Å². The maximum Gasteiger partial charge on any atom is 0.308 e. The first-order chi connectivity index (χ1) is 16.3. The summed E-state index contributed by atoms with van der Waals surface area (Å²) >= 11 is 1.59. The van der Waals surface area contributed by atoms with Crippen molar-refractivity contribution in [1.29, 1.82) is 0 Å². The summed E-state index contributed by atoms with van der Waals surface area (Å²) in [5, 5.41) is 2.00. The van der Waals surface area contributed by atoms with E-state index in [-0.39, 0.29) is 61.2 Å². The monoisotopic (exact) mass is 566 g/mol. The quantitative estimate of drug-likeness (QED) is 0.263. The molecule has 1 aliphatic carbocycles. The predicted molar refractivity (Wildman–Crippen MR) is 169 cm³/mol. The first-order valence-corrected chi connectivity index (χ1v) is 12.6. The van der Waals surface area contributed by atoms with Crippen LogP contribution in [0.25, 0.3) is 21.6 Å².